The lowest BCUT2D eigenvalue weighted by Gasteiger charge is -2.12. The average molecular weight is 475 g/mol. The predicted molar refractivity (Wildman–Crippen MR) is 124 cm³/mol. The molecule has 0 aliphatic rings. The largest absolute Gasteiger partial charge is 0.462 e. The molecule has 7 heteroatoms. The second kappa shape index (κ2) is 9.32. The summed E-state index contributed by atoms with van der Waals surface area (Å²) in [5.74, 6) is -0.372. The first-order valence-corrected chi connectivity index (χ1v) is 10.7. The van der Waals surface area contributed by atoms with Crippen molar-refractivity contribution in [2.45, 2.75) is 13.8 Å². The summed E-state index contributed by atoms with van der Waals surface area (Å²) in [4.78, 5) is 13.4. The van der Waals surface area contributed by atoms with E-state index in [1.54, 1.807) is 6.92 Å². The number of anilines is 2. The van der Waals surface area contributed by atoms with E-state index in [1.165, 1.54) is 11.3 Å². The SMILES string of the molecule is CCOC(=O)c1cc(-c2ccccc2)sc1NC(=S)Nc1ccc(C)cc1Br. The lowest BCUT2D eigenvalue weighted by atomic mass is 10.1. The van der Waals surface area contributed by atoms with Gasteiger partial charge in [-0.2, -0.15) is 0 Å². The van der Waals surface area contributed by atoms with Crippen molar-refractivity contribution in [1.82, 2.24) is 0 Å². The van der Waals surface area contributed by atoms with Gasteiger partial charge in [-0.05, 0) is 71.3 Å². The molecule has 0 spiro atoms. The minimum Gasteiger partial charge on any atom is -0.462 e. The summed E-state index contributed by atoms with van der Waals surface area (Å²) >= 11 is 10.5. The Hall–Kier alpha value is -2.22. The molecular weight excluding hydrogens is 456 g/mol. The minimum atomic E-state index is -0.372. The number of hydrogen-bond donors (Lipinski definition) is 2. The number of esters is 1. The molecule has 3 rings (SSSR count). The maximum atomic E-state index is 12.4. The summed E-state index contributed by atoms with van der Waals surface area (Å²) < 4.78 is 6.12. The topological polar surface area (TPSA) is 50.4 Å². The van der Waals surface area contributed by atoms with Crippen LogP contribution in [0, 0.1) is 6.92 Å². The highest BCUT2D eigenvalue weighted by molar-refractivity contribution is 9.10. The minimum absolute atomic E-state index is 0.313. The molecule has 2 N–H and O–H groups in total. The van der Waals surface area contributed by atoms with Crippen molar-refractivity contribution in [3.63, 3.8) is 0 Å². The number of halogens is 1. The van der Waals surface area contributed by atoms with Gasteiger partial charge in [-0.15, -0.1) is 11.3 Å². The number of rotatable bonds is 5. The van der Waals surface area contributed by atoms with Crippen LogP contribution in [0.25, 0.3) is 10.4 Å². The number of thiophene rings is 1. The molecule has 2 aromatic carbocycles. The van der Waals surface area contributed by atoms with Gasteiger partial charge >= 0.3 is 5.97 Å². The molecule has 28 heavy (non-hydrogen) atoms. The van der Waals surface area contributed by atoms with Gasteiger partial charge in [-0.3, -0.25) is 0 Å². The van der Waals surface area contributed by atoms with Gasteiger partial charge in [-0.1, -0.05) is 36.4 Å². The molecule has 0 fully saturated rings. The molecular formula is C21H19BrN2O2S2. The van der Waals surface area contributed by atoms with E-state index in [-0.39, 0.29) is 5.97 Å². The monoisotopic (exact) mass is 474 g/mol. The van der Waals surface area contributed by atoms with Gasteiger partial charge in [0.1, 0.15) is 5.00 Å². The van der Waals surface area contributed by atoms with Gasteiger partial charge in [0.05, 0.1) is 17.9 Å². The Balaban J connectivity index is 1.85. The highest BCUT2D eigenvalue weighted by atomic mass is 79.9. The number of carbonyl (C=O) groups excluding carboxylic acids is 1. The maximum absolute atomic E-state index is 12.4. The van der Waals surface area contributed by atoms with E-state index in [1.807, 2.05) is 61.5 Å². The third kappa shape index (κ3) is 4.98. The quantitative estimate of drug-likeness (QED) is 0.327. The smallest absolute Gasteiger partial charge is 0.341 e. The van der Waals surface area contributed by atoms with Crippen molar-refractivity contribution in [1.29, 1.82) is 0 Å². The molecule has 0 aliphatic heterocycles. The van der Waals surface area contributed by atoms with Crippen LogP contribution in [0.4, 0.5) is 10.7 Å². The molecule has 1 aromatic heterocycles. The first-order chi connectivity index (χ1) is 13.5. The van der Waals surface area contributed by atoms with E-state index in [9.17, 15) is 4.79 Å². The normalized spacial score (nSPS) is 10.4. The molecule has 0 atom stereocenters. The van der Waals surface area contributed by atoms with Crippen LogP contribution in [-0.2, 0) is 4.74 Å². The maximum Gasteiger partial charge on any atom is 0.341 e. The Kier molecular flexibility index (Phi) is 6.83. The van der Waals surface area contributed by atoms with Crippen LogP contribution in [0.2, 0.25) is 0 Å². The number of thiocarbonyl (C=S) groups is 1. The van der Waals surface area contributed by atoms with Crippen LogP contribution in [0.1, 0.15) is 22.8 Å². The van der Waals surface area contributed by atoms with Crippen LogP contribution < -0.4 is 10.6 Å². The van der Waals surface area contributed by atoms with Crippen molar-refractivity contribution in [3.8, 4) is 10.4 Å². The molecule has 4 nitrogen and oxygen atoms in total. The Morgan fingerprint density at radius 2 is 1.89 bits per heavy atom. The number of benzene rings is 2. The van der Waals surface area contributed by atoms with Gasteiger partial charge in [0.25, 0.3) is 0 Å². The lowest BCUT2D eigenvalue weighted by Crippen LogP contribution is -2.20. The standard InChI is InChI=1S/C21H19BrN2O2S2/c1-3-26-20(25)15-12-18(14-7-5-4-6-8-14)28-19(15)24-21(27)23-17-10-9-13(2)11-16(17)22/h4-12H,3H2,1-2H3,(H2,23,24,27). The lowest BCUT2D eigenvalue weighted by molar-refractivity contribution is 0.0528. The molecule has 0 unspecified atom stereocenters. The fraction of sp³-hybridized carbons (Fsp3) is 0.143. The van der Waals surface area contributed by atoms with E-state index < -0.39 is 0 Å². The van der Waals surface area contributed by atoms with E-state index in [4.69, 9.17) is 17.0 Å². The molecule has 0 aliphatic carbocycles. The Bertz CT molecular complexity index is 1000. The summed E-state index contributed by atoms with van der Waals surface area (Å²) in [5, 5.41) is 7.36. The Morgan fingerprint density at radius 1 is 1.14 bits per heavy atom. The summed E-state index contributed by atoms with van der Waals surface area (Å²) in [6, 6.07) is 17.7. The van der Waals surface area contributed by atoms with Gasteiger partial charge in [0, 0.05) is 9.35 Å². The van der Waals surface area contributed by atoms with Crippen LogP contribution in [0.5, 0.6) is 0 Å². The number of ether oxygens (including phenoxy) is 1. The van der Waals surface area contributed by atoms with Crippen molar-refractivity contribution >= 4 is 61.3 Å². The third-order valence-electron chi connectivity index (χ3n) is 3.89. The molecule has 3 aromatic rings. The molecule has 0 amide bonds. The zero-order valence-corrected chi connectivity index (χ0v) is 18.6. The Morgan fingerprint density at radius 3 is 2.57 bits per heavy atom. The summed E-state index contributed by atoms with van der Waals surface area (Å²) in [5.41, 5.74) is 3.50. The first-order valence-electron chi connectivity index (χ1n) is 8.68. The molecule has 144 valence electrons. The van der Waals surface area contributed by atoms with Crippen LogP contribution in [0.3, 0.4) is 0 Å². The van der Waals surface area contributed by atoms with Gasteiger partial charge in [-0.25, -0.2) is 4.79 Å². The Labute approximate surface area is 182 Å². The van der Waals surface area contributed by atoms with Crippen LogP contribution in [-0.4, -0.2) is 17.7 Å². The van der Waals surface area contributed by atoms with Gasteiger partial charge in [0.15, 0.2) is 5.11 Å². The molecule has 0 saturated carbocycles. The van der Waals surface area contributed by atoms with E-state index in [2.05, 4.69) is 26.6 Å². The highest BCUT2D eigenvalue weighted by Gasteiger charge is 2.19. The summed E-state index contributed by atoms with van der Waals surface area (Å²) in [6.45, 7) is 4.12. The highest BCUT2D eigenvalue weighted by Crippen LogP contribution is 2.36. The zero-order chi connectivity index (χ0) is 20.1. The van der Waals surface area contributed by atoms with Gasteiger partial charge < -0.3 is 15.4 Å². The van der Waals surface area contributed by atoms with Crippen molar-refractivity contribution in [2.24, 2.45) is 0 Å². The van der Waals surface area contributed by atoms with Crippen LogP contribution in [0.15, 0.2) is 59.1 Å². The van der Waals surface area contributed by atoms with E-state index in [0.717, 1.165) is 26.2 Å². The summed E-state index contributed by atoms with van der Waals surface area (Å²) in [7, 11) is 0. The van der Waals surface area contributed by atoms with Crippen molar-refractivity contribution in [3.05, 3.63) is 70.2 Å². The molecule has 1 heterocycles. The molecule has 0 bridgehead atoms. The number of nitrogens with one attached hydrogen (secondary N) is 2. The van der Waals surface area contributed by atoms with E-state index >= 15 is 0 Å². The zero-order valence-electron chi connectivity index (χ0n) is 15.4. The second-order valence-electron chi connectivity index (χ2n) is 6.00. The number of hydrogen-bond acceptors (Lipinski definition) is 4. The average Bonchev–Trinajstić information content (AvgIpc) is 3.09. The van der Waals surface area contributed by atoms with Crippen molar-refractivity contribution in [2.75, 3.05) is 17.2 Å². The molecule has 0 radical (unpaired) electrons. The fourth-order valence-electron chi connectivity index (χ4n) is 2.57. The number of aryl methyl sites for hydroxylation is 1. The number of carbonyl (C=O) groups is 1. The van der Waals surface area contributed by atoms with Crippen LogP contribution >= 0.6 is 39.5 Å². The summed E-state index contributed by atoms with van der Waals surface area (Å²) in [6.07, 6.45) is 0. The third-order valence-corrected chi connectivity index (χ3v) is 5.85. The molecule has 0 saturated heterocycles. The fourth-order valence-corrected chi connectivity index (χ4v) is 4.49. The van der Waals surface area contributed by atoms with Gasteiger partial charge in [0.2, 0.25) is 0 Å². The van der Waals surface area contributed by atoms with Crippen molar-refractivity contribution < 1.29 is 9.53 Å². The predicted octanol–water partition coefficient (Wildman–Crippen LogP) is 6.47. The first kappa shape index (κ1) is 20.5. The van der Waals surface area contributed by atoms with E-state index in [0.29, 0.717) is 22.3 Å². The second-order valence-corrected chi connectivity index (χ2v) is 8.32.